The number of nitrogens with zero attached hydrogens (tertiary/aromatic N) is 1. The largest absolute Gasteiger partial charge is 0.497 e. The first-order valence-corrected chi connectivity index (χ1v) is 7.78. The summed E-state index contributed by atoms with van der Waals surface area (Å²) in [4.78, 5) is 30.5. The monoisotopic (exact) mass is 339 g/mol. The third kappa shape index (κ3) is 2.71. The summed E-state index contributed by atoms with van der Waals surface area (Å²) in [7, 11) is 3.10. The van der Waals surface area contributed by atoms with E-state index >= 15 is 0 Å². The predicted octanol–water partition coefficient (Wildman–Crippen LogP) is 1.95. The van der Waals surface area contributed by atoms with Crippen LogP contribution in [0.5, 0.6) is 5.75 Å². The van der Waals surface area contributed by atoms with Gasteiger partial charge in [-0.3, -0.25) is 9.59 Å². The van der Waals surface area contributed by atoms with E-state index in [0.717, 1.165) is 0 Å². The summed E-state index contributed by atoms with van der Waals surface area (Å²) in [6, 6.07) is 4.92. The fraction of sp³-hybridized carbons (Fsp3) is 0.500. The minimum atomic E-state index is -1.07. The summed E-state index contributed by atoms with van der Waals surface area (Å²) in [6.07, 6.45) is 0.840. The van der Waals surface area contributed by atoms with Crippen molar-refractivity contribution in [3.8, 4) is 5.75 Å². The van der Waals surface area contributed by atoms with E-state index in [1.807, 2.05) is 0 Å². The van der Waals surface area contributed by atoms with Crippen molar-refractivity contribution in [2.24, 2.45) is 0 Å². The molecule has 0 saturated carbocycles. The molecule has 0 N–H and O–H groups in total. The van der Waals surface area contributed by atoms with E-state index in [0.29, 0.717) is 42.3 Å². The summed E-state index contributed by atoms with van der Waals surface area (Å²) in [5.74, 6) is -1.23. The quantitative estimate of drug-likeness (QED) is 0.619. The van der Waals surface area contributed by atoms with Crippen LogP contribution in [0.2, 0.25) is 5.02 Å². The van der Waals surface area contributed by atoms with Gasteiger partial charge in [-0.2, -0.15) is 5.06 Å². The average Bonchev–Trinajstić information content (AvgIpc) is 2.79. The van der Waals surface area contributed by atoms with Crippen LogP contribution in [0.1, 0.15) is 24.3 Å². The molecule has 1 aromatic carbocycles. The maximum absolute atomic E-state index is 12.9. The lowest BCUT2D eigenvalue weighted by Gasteiger charge is -2.35. The lowest BCUT2D eigenvalue weighted by molar-refractivity contribution is -0.184. The van der Waals surface area contributed by atoms with E-state index in [2.05, 4.69) is 0 Å². The number of carbonyl (C=O) groups excluding carboxylic acids is 2. The molecule has 6 nitrogen and oxygen atoms in total. The molecule has 0 aromatic heterocycles. The second-order valence-corrected chi connectivity index (χ2v) is 6.12. The topological polar surface area (TPSA) is 65.1 Å². The first-order valence-electron chi connectivity index (χ1n) is 7.40. The molecule has 7 heteroatoms. The van der Waals surface area contributed by atoms with Crippen LogP contribution in [0.25, 0.3) is 0 Å². The molecule has 0 bridgehead atoms. The predicted molar refractivity (Wildman–Crippen MR) is 82.4 cm³/mol. The molecule has 2 fully saturated rings. The zero-order valence-electron chi connectivity index (χ0n) is 13.0. The molecule has 0 aliphatic carbocycles. The number of methoxy groups -OCH3 is 1. The van der Waals surface area contributed by atoms with E-state index in [1.165, 1.54) is 7.11 Å². The molecule has 2 saturated heterocycles. The van der Waals surface area contributed by atoms with Crippen molar-refractivity contribution in [1.82, 2.24) is 5.06 Å². The average molecular weight is 340 g/mol. The fourth-order valence-electron chi connectivity index (χ4n) is 3.19. The van der Waals surface area contributed by atoms with Gasteiger partial charge in [0.05, 0.1) is 14.2 Å². The zero-order chi connectivity index (χ0) is 16.6. The van der Waals surface area contributed by atoms with Crippen molar-refractivity contribution in [2.75, 3.05) is 27.3 Å². The fourth-order valence-corrected chi connectivity index (χ4v) is 3.42. The highest BCUT2D eigenvalue weighted by Crippen LogP contribution is 2.43. The van der Waals surface area contributed by atoms with Gasteiger partial charge in [0.2, 0.25) is 0 Å². The Balaban J connectivity index is 1.91. The van der Waals surface area contributed by atoms with Crippen LogP contribution in [-0.4, -0.2) is 49.7 Å². The smallest absolute Gasteiger partial charge is 0.322 e. The summed E-state index contributed by atoms with van der Waals surface area (Å²) in [6.45, 7) is 1.07. The lowest BCUT2D eigenvalue weighted by Crippen LogP contribution is -2.48. The van der Waals surface area contributed by atoms with Gasteiger partial charge < -0.3 is 14.3 Å². The Morgan fingerprint density at radius 1 is 1.26 bits per heavy atom. The molecule has 3 rings (SSSR count). The number of rotatable bonds is 3. The van der Waals surface area contributed by atoms with Crippen molar-refractivity contribution in [3.63, 3.8) is 0 Å². The van der Waals surface area contributed by atoms with Gasteiger partial charge in [0.15, 0.2) is 11.4 Å². The minimum Gasteiger partial charge on any atom is -0.497 e. The Kier molecular flexibility index (Phi) is 4.31. The molecule has 1 spiro atoms. The van der Waals surface area contributed by atoms with Gasteiger partial charge in [0.25, 0.3) is 0 Å². The molecule has 2 aliphatic rings. The molecular weight excluding hydrogens is 322 g/mol. The standard InChI is InChI=1S/C16H18ClNO5/c1-21-10-3-4-12(17)11(9-10)13-14(19)16(23-15(13)20)5-7-18(22-2)8-6-16/h3-4,9,13H,5-8H2,1-2H3. The van der Waals surface area contributed by atoms with Crippen molar-refractivity contribution >= 4 is 23.4 Å². The van der Waals surface area contributed by atoms with Gasteiger partial charge in [0.1, 0.15) is 11.7 Å². The number of ether oxygens (including phenoxy) is 2. The molecule has 0 amide bonds. The molecule has 1 unspecified atom stereocenters. The lowest BCUT2D eigenvalue weighted by atomic mass is 9.82. The second kappa shape index (κ2) is 6.11. The van der Waals surface area contributed by atoms with E-state index in [-0.39, 0.29) is 5.78 Å². The van der Waals surface area contributed by atoms with E-state index in [1.54, 1.807) is 30.4 Å². The van der Waals surface area contributed by atoms with E-state index in [4.69, 9.17) is 25.9 Å². The third-order valence-electron chi connectivity index (χ3n) is 4.55. The normalized spacial score (nSPS) is 24.0. The first kappa shape index (κ1) is 16.2. The van der Waals surface area contributed by atoms with E-state index < -0.39 is 17.5 Å². The molecule has 2 aliphatic heterocycles. The summed E-state index contributed by atoms with van der Waals surface area (Å²) in [5.41, 5.74) is -0.629. The zero-order valence-corrected chi connectivity index (χ0v) is 13.8. The molecule has 124 valence electrons. The molecule has 23 heavy (non-hydrogen) atoms. The summed E-state index contributed by atoms with van der Waals surface area (Å²) >= 11 is 6.19. The third-order valence-corrected chi connectivity index (χ3v) is 4.89. The van der Waals surface area contributed by atoms with Crippen LogP contribution in [0.3, 0.4) is 0 Å². The molecule has 0 radical (unpaired) electrons. The van der Waals surface area contributed by atoms with Gasteiger partial charge in [-0.1, -0.05) is 11.6 Å². The number of hydrogen-bond donors (Lipinski definition) is 0. The highest BCUT2D eigenvalue weighted by atomic mass is 35.5. The van der Waals surface area contributed by atoms with Gasteiger partial charge in [-0.25, -0.2) is 0 Å². The molecular formula is C16H18ClNO5. The van der Waals surface area contributed by atoms with Crippen LogP contribution < -0.4 is 4.74 Å². The van der Waals surface area contributed by atoms with Crippen LogP contribution in [0, 0.1) is 0 Å². The highest BCUT2D eigenvalue weighted by Gasteiger charge is 2.57. The number of hydroxylamine groups is 2. The van der Waals surface area contributed by atoms with E-state index in [9.17, 15) is 9.59 Å². The highest BCUT2D eigenvalue weighted by molar-refractivity contribution is 6.32. The number of Topliss-reactive ketones (excluding diaryl/α,β-unsaturated/α-hetero) is 1. The van der Waals surface area contributed by atoms with Crippen LogP contribution >= 0.6 is 11.6 Å². The van der Waals surface area contributed by atoms with Crippen LogP contribution in [0.15, 0.2) is 18.2 Å². The Morgan fingerprint density at radius 3 is 2.57 bits per heavy atom. The molecule has 1 atom stereocenters. The number of benzene rings is 1. The number of hydrogen-bond acceptors (Lipinski definition) is 6. The van der Waals surface area contributed by atoms with Crippen molar-refractivity contribution in [1.29, 1.82) is 0 Å². The van der Waals surface area contributed by atoms with Crippen molar-refractivity contribution < 1.29 is 23.9 Å². The summed E-state index contributed by atoms with van der Waals surface area (Å²) in [5, 5.41) is 2.10. The summed E-state index contributed by atoms with van der Waals surface area (Å²) < 4.78 is 10.7. The Bertz CT molecular complexity index is 639. The number of ketones is 1. The minimum absolute atomic E-state index is 0.228. The van der Waals surface area contributed by atoms with Crippen molar-refractivity contribution in [3.05, 3.63) is 28.8 Å². The number of piperidine rings is 1. The molecule has 1 aromatic rings. The molecule has 2 heterocycles. The number of halogens is 1. The van der Waals surface area contributed by atoms with Gasteiger partial charge >= 0.3 is 5.97 Å². The number of carbonyl (C=O) groups is 2. The SMILES string of the molecule is COc1ccc(Cl)c(C2C(=O)OC3(CCN(OC)CC3)C2=O)c1. The van der Waals surface area contributed by atoms with Gasteiger partial charge in [-0.15, -0.1) is 0 Å². The van der Waals surface area contributed by atoms with Crippen LogP contribution in [-0.2, 0) is 19.2 Å². The Morgan fingerprint density at radius 2 is 1.96 bits per heavy atom. The maximum Gasteiger partial charge on any atom is 0.322 e. The van der Waals surface area contributed by atoms with Crippen molar-refractivity contribution in [2.45, 2.75) is 24.4 Å². The van der Waals surface area contributed by atoms with Gasteiger partial charge in [0, 0.05) is 31.0 Å². The maximum atomic E-state index is 12.9. The first-order chi connectivity index (χ1) is 11.0. The number of esters is 1. The second-order valence-electron chi connectivity index (χ2n) is 5.71. The van der Waals surface area contributed by atoms with Crippen LogP contribution in [0.4, 0.5) is 0 Å². The van der Waals surface area contributed by atoms with Gasteiger partial charge in [-0.05, 0) is 23.8 Å². The Labute approximate surface area is 139 Å². The Hall–Kier alpha value is -1.63.